The molecule has 9 heteroatoms. The van der Waals surface area contributed by atoms with Gasteiger partial charge in [-0.2, -0.15) is 0 Å². The number of H-pyrrole nitrogens is 1. The number of nitrogens with zero attached hydrogens (tertiary/aromatic N) is 1. The van der Waals surface area contributed by atoms with Gasteiger partial charge in [0.25, 0.3) is 0 Å². The molecule has 0 saturated carbocycles. The molecule has 1 amide bonds. The number of aromatic nitrogens is 2. The van der Waals surface area contributed by atoms with Crippen molar-refractivity contribution in [3.8, 4) is 0 Å². The van der Waals surface area contributed by atoms with E-state index in [9.17, 15) is 17.6 Å². The van der Waals surface area contributed by atoms with Crippen LogP contribution in [0.2, 0.25) is 4.71 Å². The third kappa shape index (κ3) is 6.15. The van der Waals surface area contributed by atoms with Gasteiger partial charge in [-0.05, 0) is 0 Å². The van der Waals surface area contributed by atoms with Crippen molar-refractivity contribution in [1.29, 1.82) is 0 Å². The number of hydrogen-bond acceptors (Lipinski definition) is 4. The van der Waals surface area contributed by atoms with Gasteiger partial charge < -0.3 is 0 Å². The topological polar surface area (TPSA) is 91.9 Å². The van der Waals surface area contributed by atoms with Gasteiger partial charge in [-0.15, -0.1) is 0 Å². The molecule has 154 valence electrons. The number of fused-ring (bicyclic) bond motifs is 1. The van der Waals surface area contributed by atoms with Gasteiger partial charge in [0.2, 0.25) is 0 Å². The first-order valence-electron chi connectivity index (χ1n) is 9.30. The van der Waals surface area contributed by atoms with E-state index in [1.54, 1.807) is 24.5 Å². The van der Waals surface area contributed by atoms with Gasteiger partial charge in [-0.25, -0.2) is 0 Å². The van der Waals surface area contributed by atoms with Crippen LogP contribution in [-0.2, 0) is 25.9 Å². The first-order valence-corrected chi connectivity index (χ1v) is 14.7. The second kappa shape index (κ2) is 9.54. The second-order valence-corrected chi connectivity index (χ2v) is 15.5. The summed E-state index contributed by atoms with van der Waals surface area (Å²) >= 11 is -1.59. The van der Waals surface area contributed by atoms with E-state index in [0.29, 0.717) is 6.42 Å². The van der Waals surface area contributed by atoms with Gasteiger partial charge in [-0.3, -0.25) is 0 Å². The number of carbonyl (C=O) groups excluding carboxylic acids is 1. The Balaban J connectivity index is 1.72. The molecule has 0 radical (unpaired) electrons. The fourth-order valence-electron chi connectivity index (χ4n) is 2.98. The van der Waals surface area contributed by atoms with Crippen LogP contribution in [0, 0.1) is 5.82 Å². The van der Waals surface area contributed by atoms with Crippen molar-refractivity contribution >= 4 is 39.6 Å². The monoisotopic (exact) mass is 479 g/mol. The Bertz CT molecular complexity index is 1080. The molecule has 29 heavy (non-hydrogen) atoms. The molecule has 0 bridgehead atoms. The van der Waals surface area contributed by atoms with Crippen LogP contribution in [0.1, 0.15) is 24.5 Å². The van der Waals surface area contributed by atoms with E-state index in [1.165, 1.54) is 12.1 Å². The average Bonchev–Trinajstić information content (AvgIpc) is 3.15. The van der Waals surface area contributed by atoms with Gasteiger partial charge in [-0.1, -0.05) is 0 Å². The predicted molar refractivity (Wildman–Crippen MR) is 113 cm³/mol. The number of pyridine rings is 1. The minimum absolute atomic E-state index is 0.0915. The van der Waals surface area contributed by atoms with Crippen molar-refractivity contribution < 1.29 is 17.6 Å². The molecule has 6 nitrogen and oxygen atoms in total. The van der Waals surface area contributed by atoms with Crippen LogP contribution in [-0.4, -0.2) is 44.6 Å². The maximum absolute atomic E-state index is 13.2. The number of carbonyl (C=O) groups is 1. The first kappa shape index (κ1) is 21.5. The minimum atomic E-state index is -3.23. The van der Waals surface area contributed by atoms with Crippen LogP contribution in [0.25, 0.3) is 11.0 Å². The number of aromatic amines is 1. The molecule has 0 spiro atoms. The molecular weight excluding hydrogens is 456 g/mol. The summed E-state index contributed by atoms with van der Waals surface area (Å²) in [6, 6.07) is 9.66. The molecule has 1 aromatic carbocycles. The summed E-state index contributed by atoms with van der Waals surface area (Å²) in [4.78, 5) is 20.1. The third-order valence-electron chi connectivity index (χ3n) is 4.39. The molecule has 2 N–H and O–H groups in total. The summed E-state index contributed by atoms with van der Waals surface area (Å²) in [6.07, 6.45) is 4.28. The van der Waals surface area contributed by atoms with Crippen LogP contribution >= 0.6 is 0 Å². The summed E-state index contributed by atoms with van der Waals surface area (Å²) in [5.74, 6) is -0.561. The summed E-state index contributed by atoms with van der Waals surface area (Å²) in [7, 11) is -3.23. The standard InChI is InChI=1S/C20H23AsFN3O3S/c1-2-9-29(27,28)21-18(11-14-3-5-17(22)6-4-14)20(26)25-13-15-10-16-7-8-23-19(16)24-12-15/h3-8,10,12,18,21H,2,9,11,13H2,1H3,(H,23,24)(H,25,26)/t18-/m0/s1. The van der Waals surface area contributed by atoms with E-state index >= 15 is 0 Å². The summed E-state index contributed by atoms with van der Waals surface area (Å²) in [5.41, 5.74) is 2.35. The summed E-state index contributed by atoms with van der Waals surface area (Å²) in [5, 5.41) is 3.80. The zero-order valence-corrected chi connectivity index (χ0v) is 18.9. The molecule has 0 fully saturated rings. The number of halogens is 1. The third-order valence-corrected chi connectivity index (χ3v) is 12.3. The number of hydrogen-bond donors (Lipinski definition) is 2. The molecule has 2 heterocycles. The van der Waals surface area contributed by atoms with E-state index in [0.717, 1.165) is 22.2 Å². The number of nitrogens with one attached hydrogen (secondary N) is 2. The Hall–Kier alpha value is -2.18. The molecular formula is C20H23AsFN3O3S. The van der Waals surface area contributed by atoms with E-state index in [2.05, 4.69) is 15.3 Å². The van der Waals surface area contributed by atoms with Crippen LogP contribution < -0.4 is 5.32 Å². The number of rotatable bonds is 9. The van der Waals surface area contributed by atoms with E-state index < -0.39 is 27.4 Å². The first-order chi connectivity index (χ1) is 13.9. The molecule has 0 aliphatic heterocycles. The van der Waals surface area contributed by atoms with Gasteiger partial charge in [0.1, 0.15) is 0 Å². The Morgan fingerprint density at radius 2 is 2.00 bits per heavy atom. The second-order valence-electron chi connectivity index (χ2n) is 6.80. The average molecular weight is 479 g/mol. The fourth-order valence-corrected chi connectivity index (χ4v) is 10.9. The van der Waals surface area contributed by atoms with E-state index in [-0.39, 0.29) is 30.4 Å². The van der Waals surface area contributed by atoms with Gasteiger partial charge in [0.15, 0.2) is 0 Å². The zero-order valence-electron chi connectivity index (χ0n) is 16.0. The number of amides is 1. The normalized spacial score (nSPS) is 13.2. The SMILES string of the molecule is CCCS(=O)(=O)[AsH][C@@H](Cc1ccc(F)cc1)C(=O)NCc1cnc2[nH]ccc2c1. The van der Waals surface area contributed by atoms with Crippen molar-refractivity contribution in [2.45, 2.75) is 31.0 Å². The van der Waals surface area contributed by atoms with Crippen LogP contribution in [0.3, 0.4) is 0 Å². The van der Waals surface area contributed by atoms with Crippen molar-refractivity contribution in [3.63, 3.8) is 0 Å². The van der Waals surface area contributed by atoms with Gasteiger partial charge in [0.05, 0.1) is 0 Å². The van der Waals surface area contributed by atoms with Crippen molar-refractivity contribution in [2.24, 2.45) is 0 Å². The molecule has 3 rings (SSSR count). The predicted octanol–water partition coefficient (Wildman–Crippen LogP) is 2.53. The Kier molecular flexibility index (Phi) is 7.08. The van der Waals surface area contributed by atoms with Crippen LogP contribution in [0.5, 0.6) is 0 Å². The van der Waals surface area contributed by atoms with E-state index in [1.807, 2.05) is 19.1 Å². The molecule has 0 aliphatic rings. The Morgan fingerprint density at radius 3 is 2.72 bits per heavy atom. The molecule has 0 saturated heterocycles. The molecule has 1 unspecified atom stereocenters. The van der Waals surface area contributed by atoms with Crippen LogP contribution in [0.4, 0.5) is 4.39 Å². The summed E-state index contributed by atoms with van der Waals surface area (Å²) in [6.45, 7) is 2.08. The zero-order chi connectivity index (χ0) is 20.9. The molecule has 3 aromatic rings. The quantitative estimate of drug-likeness (QED) is 0.462. The summed E-state index contributed by atoms with van der Waals surface area (Å²) < 4.78 is 37.3. The molecule has 0 aliphatic carbocycles. The fraction of sp³-hybridized carbons (Fsp3) is 0.300. The van der Waals surface area contributed by atoms with Crippen molar-refractivity contribution in [2.75, 3.05) is 5.75 Å². The maximum atomic E-state index is 13.2. The Labute approximate surface area is 174 Å². The van der Waals surface area contributed by atoms with Crippen molar-refractivity contribution in [1.82, 2.24) is 15.3 Å². The van der Waals surface area contributed by atoms with Crippen molar-refractivity contribution in [3.05, 3.63) is 65.7 Å². The number of benzene rings is 1. The molecule has 2 atom stereocenters. The van der Waals surface area contributed by atoms with Crippen LogP contribution in [0.15, 0.2) is 48.8 Å². The van der Waals surface area contributed by atoms with Gasteiger partial charge >= 0.3 is 175 Å². The molecule has 2 aromatic heterocycles. The Morgan fingerprint density at radius 1 is 1.24 bits per heavy atom. The van der Waals surface area contributed by atoms with Gasteiger partial charge in [0, 0.05) is 0 Å². The van der Waals surface area contributed by atoms with E-state index in [4.69, 9.17) is 0 Å².